The molecule has 0 spiro atoms. The molecule has 2 fully saturated rings. The molecule has 0 bridgehead atoms. The van der Waals surface area contributed by atoms with Gasteiger partial charge in [0.1, 0.15) is 5.82 Å². The highest BCUT2D eigenvalue weighted by atomic mass is 16.5. The minimum Gasteiger partial charge on any atom is -0.381 e. The summed E-state index contributed by atoms with van der Waals surface area (Å²) in [7, 11) is 0. The second-order valence-corrected chi connectivity index (χ2v) is 7.52. The number of hydrogen-bond acceptors (Lipinski definition) is 5. The number of aryl methyl sites for hydroxylation is 1. The summed E-state index contributed by atoms with van der Waals surface area (Å²) in [6, 6.07) is 2.28. The number of fused-ring (bicyclic) bond motifs is 1. The number of likely N-dealkylation sites (tertiary alicyclic amines) is 1. The average Bonchev–Trinajstić information content (AvgIpc) is 3.27. The first kappa shape index (κ1) is 17.3. The Hall–Kier alpha value is -2.15. The lowest BCUT2D eigenvalue weighted by atomic mass is 10.1. The number of nitrogens with zero attached hydrogens (tertiary/aromatic N) is 3. The lowest BCUT2D eigenvalue weighted by Gasteiger charge is -2.24. The molecule has 1 amide bonds. The fourth-order valence-corrected chi connectivity index (χ4v) is 3.90. The fraction of sp³-hybridized carbons (Fsp3) is 0.632. The van der Waals surface area contributed by atoms with Gasteiger partial charge in [0.25, 0.3) is 0 Å². The maximum atomic E-state index is 12.5. The first-order valence-corrected chi connectivity index (χ1v) is 9.64. The van der Waals surface area contributed by atoms with Crippen molar-refractivity contribution in [2.75, 3.05) is 31.6 Å². The number of carbonyl (C=O) groups excluding carboxylic acids is 1. The molecule has 2 aromatic rings. The van der Waals surface area contributed by atoms with Gasteiger partial charge in [-0.25, -0.2) is 4.98 Å². The van der Waals surface area contributed by atoms with Crippen LogP contribution in [0.1, 0.15) is 38.3 Å². The van der Waals surface area contributed by atoms with Crippen molar-refractivity contribution in [3.63, 3.8) is 0 Å². The second-order valence-electron chi connectivity index (χ2n) is 7.52. The summed E-state index contributed by atoms with van der Waals surface area (Å²) >= 11 is 0. The first-order valence-electron chi connectivity index (χ1n) is 9.64. The van der Waals surface area contributed by atoms with Gasteiger partial charge in [-0.3, -0.25) is 9.89 Å². The van der Waals surface area contributed by atoms with Gasteiger partial charge in [-0.1, -0.05) is 6.92 Å². The van der Waals surface area contributed by atoms with Gasteiger partial charge >= 0.3 is 0 Å². The molecule has 2 aliphatic heterocycles. The number of H-pyrrole nitrogens is 1. The van der Waals surface area contributed by atoms with E-state index >= 15 is 0 Å². The highest BCUT2D eigenvalue weighted by molar-refractivity contribution is 5.92. The molecule has 2 saturated heterocycles. The first-order chi connectivity index (χ1) is 12.7. The van der Waals surface area contributed by atoms with E-state index in [2.05, 4.69) is 27.4 Å². The molecule has 140 valence electrons. The molecule has 4 heterocycles. The Morgan fingerprint density at radius 2 is 2.23 bits per heavy atom. The smallest absolute Gasteiger partial charge is 0.222 e. The van der Waals surface area contributed by atoms with Crippen molar-refractivity contribution in [2.24, 2.45) is 5.92 Å². The Kier molecular flexibility index (Phi) is 5.06. The van der Waals surface area contributed by atoms with Gasteiger partial charge in [-0.15, -0.1) is 0 Å². The minimum atomic E-state index is 0.236. The molecule has 0 radical (unpaired) electrons. The monoisotopic (exact) mass is 357 g/mol. The van der Waals surface area contributed by atoms with Crippen molar-refractivity contribution in [3.05, 3.63) is 18.0 Å². The number of hydrogen-bond donors (Lipinski definition) is 2. The van der Waals surface area contributed by atoms with Crippen LogP contribution in [0.5, 0.6) is 0 Å². The topological polar surface area (TPSA) is 83.1 Å². The van der Waals surface area contributed by atoms with Crippen molar-refractivity contribution in [2.45, 2.75) is 45.1 Å². The van der Waals surface area contributed by atoms with Gasteiger partial charge in [0.2, 0.25) is 5.91 Å². The van der Waals surface area contributed by atoms with Crippen LogP contribution in [0, 0.1) is 5.92 Å². The average molecular weight is 357 g/mol. The van der Waals surface area contributed by atoms with Gasteiger partial charge in [0.05, 0.1) is 10.9 Å². The Bertz CT molecular complexity index is 768. The summed E-state index contributed by atoms with van der Waals surface area (Å²) in [6.45, 7) is 5.56. The van der Waals surface area contributed by atoms with Crippen LogP contribution in [0.3, 0.4) is 0 Å². The summed E-state index contributed by atoms with van der Waals surface area (Å²) in [5.41, 5.74) is 1.88. The number of pyridine rings is 1. The largest absolute Gasteiger partial charge is 0.381 e. The predicted molar refractivity (Wildman–Crippen MR) is 100 cm³/mol. The SMILES string of the molecule is C[C@@H]1CCN(C(=O)CCc2[nH]nc3ccnc(NC4CCOCC4)c23)C1. The summed E-state index contributed by atoms with van der Waals surface area (Å²) in [5, 5.41) is 12.1. The Balaban J connectivity index is 1.47. The molecule has 26 heavy (non-hydrogen) atoms. The van der Waals surface area contributed by atoms with E-state index < -0.39 is 0 Å². The summed E-state index contributed by atoms with van der Waals surface area (Å²) in [6.07, 6.45) is 6.03. The van der Waals surface area contributed by atoms with E-state index in [0.29, 0.717) is 24.8 Å². The highest BCUT2D eigenvalue weighted by Crippen LogP contribution is 2.26. The normalized spacial score (nSPS) is 21.4. The van der Waals surface area contributed by atoms with Gasteiger partial charge in [-0.2, -0.15) is 5.10 Å². The maximum Gasteiger partial charge on any atom is 0.222 e. The van der Waals surface area contributed by atoms with Crippen LogP contribution in [-0.4, -0.2) is 58.3 Å². The lowest BCUT2D eigenvalue weighted by molar-refractivity contribution is -0.130. The molecule has 7 nitrogen and oxygen atoms in total. The van der Waals surface area contributed by atoms with Crippen LogP contribution in [0.4, 0.5) is 5.82 Å². The number of rotatable bonds is 5. The summed E-state index contributed by atoms with van der Waals surface area (Å²) in [5.74, 6) is 1.71. The molecule has 1 atom stereocenters. The quantitative estimate of drug-likeness (QED) is 0.858. The van der Waals surface area contributed by atoms with Gasteiger partial charge < -0.3 is 15.0 Å². The van der Waals surface area contributed by atoms with Gasteiger partial charge in [0, 0.05) is 50.7 Å². The molecular weight excluding hydrogens is 330 g/mol. The zero-order valence-corrected chi connectivity index (χ0v) is 15.3. The molecule has 0 unspecified atom stereocenters. The van der Waals surface area contributed by atoms with E-state index in [0.717, 1.165) is 68.0 Å². The maximum absolute atomic E-state index is 12.5. The van der Waals surface area contributed by atoms with Crippen LogP contribution in [-0.2, 0) is 16.0 Å². The van der Waals surface area contributed by atoms with E-state index in [1.807, 2.05) is 11.0 Å². The number of carbonyl (C=O) groups is 1. The fourth-order valence-electron chi connectivity index (χ4n) is 3.90. The number of aromatic nitrogens is 3. The predicted octanol–water partition coefficient (Wildman–Crippen LogP) is 2.35. The number of aromatic amines is 1. The molecule has 2 aromatic heterocycles. The van der Waals surface area contributed by atoms with Crippen LogP contribution in [0.15, 0.2) is 12.3 Å². The van der Waals surface area contributed by atoms with Crippen LogP contribution < -0.4 is 5.32 Å². The van der Waals surface area contributed by atoms with E-state index in [9.17, 15) is 4.79 Å². The highest BCUT2D eigenvalue weighted by Gasteiger charge is 2.23. The third-order valence-electron chi connectivity index (χ3n) is 5.47. The number of anilines is 1. The second kappa shape index (κ2) is 7.61. The van der Waals surface area contributed by atoms with Crippen molar-refractivity contribution >= 4 is 22.6 Å². The van der Waals surface area contributed by atoms with Gasteiger partial charge in [-0.05, 0) is 37.7 Å². The van der Waals surface area contributed by atoms with Gasteiger partial charge in [0.15, 0.2) is 0 Å². The molecular formula is C19H27N5O2. The molecule has 4 rings (SSSR count). The van der Waals surface area contributed by atoms with E-state index in [-0.39, 0.29) is 5.91 Å². The number of amides is 1. The zero-order valence-electron chi connectivity index (χ0n) is 15.3. The molecule has 0 aliphatic carbocycles. The molecule has 0 aromatic carbocycles. The lowest BCUT2D eigenvalue weighted by Crippen LogP contribution is -2.29. The minimum absolute atomic E-state index is 0.236. The standard InChI is InChI=1S/C19H27N5O2/c1-13-5-9-24(12-13)17(25)3-2-15-18-16(23-22-15)4-8-20-19(18)21-14-6-10-26-11-7-14/h4,8,13-14H,2-3,5-7,9-12H2,1H3,(H,20,21)(H,22,23)/t13-/m1/s1. The van der Waals surface area contributed by atoms with Crippen molar-refractivity contribution in [3.8, 4) is 0 Å². The number of ether oxygens (including phenoxy) is 1. The molecule has 2 N–H and O–H groups in total. The summed E-state index contributed by atoms with van der Waals surface area (Å²) < 4.78 is 5.43. The van der Waals surface area contributed by atoms with E-state index in [4.69, 9.17) is 4.74 Å². The molecule has 0 saturated carbocycles. The van der Waals surface area contributed by atoms with E-state index in [1.54, 1.807) is 6.20 Å². The number of nitrogens with one attached hydrogen (secondary N) is 2. The van der Waals surface area contributed by atoms with Crippen LogP contribution in [0.25, 0.3) is 10.9 Å². The Labute approximate surface area is 153 Å². The van der Waals surface area contributed by atoms with Crippen molar-refractivity contribution < 1.29 is 9.53 Å². The van der Waals surface area contributed by atoms with Crippen molar-refractivity contribution in [1.29, 1.82) is 0 Å². The third kappa shape index (κ3) is 3.67. The Morgan fingerprint density at radius 1 is 1.38 bits per heavy atom. The molecule has 2 aliphatic rings. The van der Waals surface area contributed by atoms with Crippen LogP contribution in [0.2, 0.25) is 0 Å². The Morgan fingerprint density at radius 3 is 3.00 bits per heavy atom. The van der Waals surface area contributed by atoms with Crippen LogP contribution >= 0.6 is 0 Å². The zero-order chi connectivity index (χ0) is 17.9. The van der Waals surface area contributed by atoms with E-state index in [1.165, 1.54) is 0 Å². The molecule has 7 heteroatoms. The summed E-state index contributed by atoms with van der Waals surface area (Å²) in [4.78, 5) is 19.0. The third-order valence-corrected chi connectivity index (χ3v) is 5.47. The van der Waals surface area contributed by atoms with Crippen molar-refractivity contribution in [1.82, 2.24) is 20.1 Å².